The lowest BCUT2D eigenvalue weighted by molar-refractivity contribution is -0.154. The number of amides is 2. The van der Waals surface area contributed by atoms with Crippen LogP contribution in [0.5, 0.6) is 0 Å². The summed E-state index contributed by atoms with van der Waals surface area (Å²) in [7, 11) is 0. The Morgan fingerprint density at radius 3 is 2.48 bits per heavy atom. The van der Waals surface area contributed by atoms with Gasteiger partial charge in [0.15, 0.2) is 0 Å². The number of hydrogen-bond acceptors (Lipinski definition) is 2. The first-order valence-electron chi connectivity index (χ1n) is 8.50. The molecule has 120 valence electrons. The molecule has 0 aromatic heterocycles. The lowest BCUT2D eigenvalue weighted by atomic mass is 9.50. The summed E-state index contributed by atoms with van der Waals surface area (Å²) in [6, 6.07) is 0. The van der Waals surface area contributed by atoms with E-state index in [0.29, 0.717) is 18.3 Å². The largest absolute Gasteiger partial charge is 0.296 e. The second-order valence-corrected chi connectivity index (χ2v) is 8.67. The minimum atomic E-state index is -0.111. The summed E-state index contributed by atoms with van der Waals surface area (Å²) >= 11 is 0. The van der Waals surface area contributed by atoms with Crippen molar-refractivity contribution < 1.29 is 9.59 Å². The normalized spacial score (nSPS) is 34.4. The number of nitrogens with one attached hydrogen (secondary N) is 1. The predicted octanol–water partition coefficient (Wildman–Crippen LogP) is 3.92. The van der Waals surface area contributed by atoms with Gasteiger partial charge >= 0.3 is 0 Å². The molecule has 3 atom stereocenters. The van der Waals surface area contributed by atoms with E-state index in [1.165, 1.54) is 6.42 Å². The van der Waals surface area contributed by atoms with Gasteiger partial charge in [-0.2, -0.15) is 0 Å². The van der Waals surface area contributed by atoms with Crippen LogP contribution in [0.3, 0.4) is 0 Å². The van der Waals surface area contributed by atoms with Crippen molar-refractivity contribution in [1.29, 1.82) is 0 Å². The summed E-state index contributed by atoms with van der Waals surface area (Å²) in [6.07, 6.45) is 6.00. The van der Waals surface area contributed by atoms with E-state index in [9.17, 15) is 9.59 Å². The van der Waals surface area contributed by atoms with E-state index < -0.39 is 0 Å². The SMILES string of the molecule is CC(C)CC1C(=O)NC(=O)CC12CCCCC2C(C)(C)C. The van der Waals surface area contributed by atoms with E-state index in [1.54, 1.807) is 0 Å². The van der Waals surface area contributed by atoms with Crippen molar-refractivity contribution >= 4 is 11.8 Å². The van der Waals surface area contributed by atoms with E-state index in [4.69, 9.17) is 0 Å². The van der Waals surface area contributed by atoms with Crippen molar-refractivity contribution in [3.8, 4) is 0 Å². The lowest BCUT2D eigenvalue weighted by Gasteiger charge is -2.55. The highest BCUT2D eigenvalue weighted by Gasteiger charge is 2.56. The molecule has 3 heteroatoms. The lowest BCUT2D eigenvalue weighted by Crippen LogP contribution is -2.58. The number of carbonyl (C=O) groups excluding carboxylic acids is 2. The molecule has 1 aliphatic carbocycles. The van der Waals surface area contributed by atoms with Crippen molar-refractivity contribution in [2.24, 2.45) is 28.6 Å². The van der Waals surface area contributed by atoms with Gasteiger partial charge in [0.1, 0.15) is 0 Å². The van der Waals surface area contributed by atoms with Gasteiger partial charge in [0, 0.05) is 12.3 Å². The fourth-order valence-corrected chi connectivity index (χ4v) is 4.95. The fourth-order valence-electron chi connectivity index (χ4n) is 4.95. The molecule has 3 nitrogen and oxygen atoms in total. The van der Waals surface area contributed by atoms with Gasteiger partial charge in [-0.3, -0.25) is 14.9 Å². The monoisotopic (exact) mass is 293 g/mol. The molecular weight excluding hydrogens is 262 g/mol. The highest BCUT2D eigenvalue weighted by molar-refractivity contribution is 5.99. The van der Waals surface area contributed by atoms with Crippen molar-refractivity contribution in [1.82, 2.24) is 5.32 Å². The summed E-state index contributed by atoms with van der Waals surface area (Å²) in [4.78, 5) is 24.7. The molecule has 3 unspecified atom stereocenters. The Kier molecular flexibility index (Phi) is 4.51. The zero-order valence-corrected chi connectivity index (χ0v) is 14.3. The Morgan fingerprint density at radius 1 is 1.24 bits per heavy atom. The molecule has 1 spiro atoms. The summed E-state index contributed by atoms with van der Waals surface area (Å²) < 4.78 is 0. The van der Waals surface area contributed by atoms with E-state index in [-0.39, 0.29) is 28.6 Å². The quantitative estimate of drug-likeness (QED) is 0.784. The summed E-state index contributed by atoms with van der Waals surface area (Å²) in [5, 5.41) is 2.60. The molecule has 0 radical (unpaired) electrons. The van der Waals surface area contributed by atoms with Crippen LogP contribution in [0.4, 0.5) is 0 Å². The molecule has 1 aliphatic heterocycles. The van der Waals surface area contributed by atoms with Crippen LogP contribution in [0.15, 0.2) is 0 Å². The highest BCUT2D eigenvalue weighted by atomic mass is 16.2. The Bertz CT molecular complexity index is 421. The molecular formula is C18H31NO2. The molecule has 1 saturated heterocycles. The van der Waals surface area contributed by atoms with Crippen LogP contribution >= 0.6 is 0 Å². The molecule has 1 N–H and O–H groups in total. The van der Waals surface area contributed by atoms with Gasteiger partial charge in [-0.25, -0.2) is 0 Å². The maximum atomic E-state index is 12.6. The van der Waals surface area contributed by atoms with Crippen molar-refractivity contribution in [2.75, 3.05) is 0 Å². The van der Waals surface area contributed by atoms with Gasteiger partial charge in [0.05, 0.1) is 0 Å². The first-order chi connectivity index (χ1) is 9.67. The third-order valence-corrected chi connectivity index (χ3v) is 5.59. The summed E-state index contributed by atoms with van der Waals surface area (Å²) in [6.45, 7) is 11.2. The average Bonchev–Trinajstić information content (AvgIpc) is 2.33. The third kappa shape index (κ3) is 3.17. The fraction of sp³-hybridized carbons (Fsp3) is 0.889. The van der Waals surface area contributed by atoms with Gasteiger partial charge < -0.3 is 0 Å². The maximum absolute atomic E-state index is 12.6. The Labute approximate surface area is 129 Å². The van der Waals surface area contributed by atoms with Crippen LogP contribution in [0.25, 0.3) is 0 Å². The summed E-state index contributed by atoms with van der Waals surface area (Å²) in [5.41, 5.74) is 0.0355. The van der Waals surface area contributed by atoms with E-state index in [1.807, 2.05) is 0 Å². The van der Waals surface area contributed by atoms with E-state index >= 15 is 0 Å². The van der Waals surface area contributed by atoms with Crippen molar-refractivity contribution in [2.45, 2.75) is 73.1 Å². The second-order valence-electron chi connectivity index (χ2n) is 8.67. The van der Waals surface area contributed by atoms with Gasteiger partial charge in [-0.15, -0.1) is 0 Å². The molecule has 2 fully saturated rings. The minimum absolute atomic E-state index is 0.000255. The zero-order valence-electron chi connectivity index (χ0n) is 14.3. The van der Waals surface area contributed by atoms with Crippen molar-refractivity contribution in [3.63, 3.8) is 0 Å². The molecule has 0 aromatic carbocycles. The number of hydrogen-bond donors (Lipinski definition) is 1. The van der Waals surface area contributed by atoms with Crippen LogP contribution in [0, 0.1) is 28.6 Å². The average molecular weight is 293 g/mol. The first kappa shape index (κ1) is 16.5. The van der Waals surface area contributed by atoms with Crippen LogP contribution in [-0.2, 0) is 9.59 Å². The number of imide groups is 1. The van der Waals surface area contributed by atoms with Gasteiger partial charge in [-0.1, -0.05) is 47.5 Å². The third-order valence-electron chi connectivity index (χ3n) is 5.59. The molecule has 2 amide bonds. The molecule has 0 aromatic rings. The summed E-state index contributed by atoms with van der Waals surface area (Å²) in [5.74, 6) is 0.859. The minimum Gasteiger partial charge on any atom is -0.296 e. The smallest absolute Gasteiger partial charge is 0.230 e. The first-order valence-corrected chi connectivity index (χ1v) is 8.50. The Balaban J connectivity index is 2.44. The van der Waals surface area contributed by atoms with Gasteiger partial charge in [-0.05, 0) is 41.9 Å². The molecule has 2 aliphatic rings. The topological polar surface area (TPSA) is 46.2 Å². The molecule has 1 heterocycles. The van der Waals surface area contributed by atoms with Gasteiger partial charge in [0.2, 0.25) is 11.8 Å². The number of piperidine rings is 1. The molecule has 0 bridgehead atoms. The van der Waals surface area contributed by atoms with Crippen LogP contribution in [0.1, 0.15) is 73.1 Å². The maximum Gasteiger partial charge on any atom is 0.230 e. The molecule has 1 saturated carbocycles. The van der Waals surface area contributed by atoms with Crippen LogP contribution < -0.4 is 5.32 Å². The van der Waals surface area contributed by atoms with E-state index in [0.717, 1.165) is 25.7 Å². The highest BCUT2D eigenvalue weighted by Crippen LogP contribution is 2.58. The van der Waals surface area contributed by atoms with Crippen LogP contribution in [-0.4, -0.2) is 11.8 Å². The second kappa shape index (κ2) is 5.73. The zero-order chi connectivity index (χ0) is 15.8. The Morgan fingerprint density at radius 2 is 1.90 bits per heavy atom. The number of rotatable bonds is 2. The number of carbonyl (C=O) groups is 2. The van der Waals surface area contributed by atoms with Gasteiger partial charge in [0.25, 0.3) is 0 Å². The van der Waals surface area contributed by atoms with E-state index in [2.05, 4.69) is 39.9 Å². The standard InChI is InChI=1S/C18H31NO2/c1-12(2)10-13-16(21)19-15(20)11-18(13)9-7-6-8-14(18)17(3,4)5/h12-14H,6-11H2,1-5H3,(H,19,20,21). The van der Waals surface area contributed by atoms with Crippen LogP contribution in [0.2, 0.25) is 0 Å². The Hall–Kier alpha value is -0.860. The predicted molar refractivity (Wildman–Crippen MR) is 84.6 cm³/mol. The molecule has 21 heavy (non-hydrogen) atoms. The molecule has 2 rings (SSSR count). The van der Waals surface area contributed by atoms with Crippen molar-refractivity contribution in [3.05, 3.63) is 0 Å².